The zero-order valence-electron chi connectivity index (χ0n) is 14.0. The predicted molar refractivity (Wildman–Crippen MR) is 88.7 cm³/mol. The van der Waals surface area contributed by atoms with Gasteiger partial charge in [0.2, 0.25) is 0 Å². The molecule has 0 fully saturated rings. The van der Waals surface area contributed by atoms with E-state index in [1.165, 1.54) is 0 Å². The first-order valence-corrected chi connectivity index (χ1v) is 8.17. The maximum Gasteiger partial charge on any atom is 0.407 e. The Labute approximate surface area is 134 Å². The van der Waals surface area contributed by atoms with E-state index in [4.69, 9.17) is 4.74 Å². The lowest BCUT2D eigenvalue weighted by Gasteiger charge is -2.26. The maximum atomic E-state index is 12.0. The zero-order chi connectivity index (χ0) is 16.4. The lowest BCUT2D eigenvalue weighted by atomic mass is 9.92. The molecule has 1 aliphatic carbocycles. The highest BCUT2D eigenvalue weighted by Gasteiger charge is 2.24. The molecule has 0 saturated carbocycles. The van der Waals surface area contributed by atoms with Crippen LogP contribution in [0, 0.1) is 5.92 Å². The summed E-state index contributed by atoms with van der Waals surface area (Å²) in [6.07, 6.45) is 14.4. The molecular weight excluding hydrogens is 278 g/mol. The topological polar surface area (TPSA) is 55.4 Å². The van der Waals surface area contributed by atoms with Crippen LogP contribution < -0.4 is 5.32 Å². The Bertz CT molecular complexity index is 407. The van der Waals surface area contributed by atoms with Crippen LogP contribution in [0.4, 0.5) is 4.79 Å². The molecule has 4 nitrogen and oxygen atoms in total. The molecule has 0 aromatic heterocycles. The summed E-state index contributed by atoms with van der Waals surface area (Å²) in [7, 11) is 0. The summed E-state index contributed by atoms with van der Waals surface area (Å²) >= 11 is 0. The van der Waals surface area contributed by atoms with Crippen molar-refractivity contribution in [2.45, 2.75) is 70.9 Å². The van der Waals surface area contributed by atoms with Crippen molar-refractivity contribution in [3.63, 3.8) is 0 Å². The first kappa shape index (κ1) is 18.5. The molecule has 124 valence electrons. The van der Waals surface area contributed by atoms with E-state index in [1.54, 1.807) is 0 Å². The van der Waals surface area contributed by atoms with Crippen LogP contribution in [0.1, 0.15) is 59.3 Å². The normalized spacial score (nSPS) is 24.0. The highest BCUT2D eigenvalue weighted by atomic mass is 16.6. The molecule has 0 radical (unpaired) electrons. The van der Waals surface area contributed by atoms with Crippen LogP contribution in [0.15, 0.2) is 24.3 Å². The Morgan fingerprint density at radius 2 is 1.59 bits per heavy atom. The quantitative estimate of drug-likeness (QED) is 0.615. The highest BCUT2D eigenvalue weighted by Crippen LogP contribution is 2.17. The van der Waals surface area contributed by atoms with Crippen LogP contribution in [-0.4, -0.2) is 24.0 Å². The number of allylic oxidation sites excluding steroid dienone is 4. The summed E-state index contributed by atoms with van der Waals surface area (Å²) in [5.41, 5.74) is -0.533. The third-order valence-electron chi connectivity index (χ3n) is 3.54. The average Bonchev–Trinajstić information content (AvgIpc) is 2.40. The largest absolute Gasteiger partial charge is 0.444 e. The van der Waals surface area contributed by atoms with Crippen molar-refractivity contribution in [2.24, 2.45) is 5.92 Å². The molecular formula is C18H29NO3. The van der Waals surface area contributed by atoms with Gasteiger partial charge in [-0.25, -0.2) is 4.79 Å². The molecule has 1 aliphatic rings. The number of carbonyl (C=O) groups is 2. The second-order valence-electron chi connectivity index (χ2n) is 6.73. The summed E-state index contributed by atoms with van der Waals surface area (Å²) in [5.74, 6) is -0.176. The van der Waals surface area contributed by atoms with Gasteiger partial charge < -0.3 is 14.8 Å². The third-order valence-corrected chi connectivity index (χ3v) is 3.54. The van der Waals surface area contributed by atoms with E-state index in [0.29, 0.717) is 0 Å². The van der Waals surface area contributed by atoms with E-state index >= 15 is 0 Å². The van der Waals surface area contributed by atoms with E-state index < -0.39 is 11.7 Å². The minimum atomic E-state index is -0.533. The Morgan fingerprint density at radius 3 is 2.14 bits per heavy atom. The molecule has 0 bridgehead atoms. The smallest absolute Gasteiger partial charge is 0.407 e. The first-order chi connectivity index (χ1) is 10.4. The number of alkyl carbamates (subject to hydrolysis) is 1. The lowest BCUT2D eigenvalue weighted by molar-refractivity contribution is -0.112. The van der Waals surface area contributed by atoms with Crippen molar-refractivity contribution >= 4 is 12.4 Å². The highest BCUT2D eigenvalue weighted by molar-refractivity contribution is 5.69. The monoisotopic (exact) mass is 307 g/mol. The standard InChI is InChI=1S/C18H29NO3/c1-18(2,3)22-17(21)19-16-13-11-9-7-5-4-6-8-10-12-15(16)14-20/h6-9,14-16H,4-5,10-13H2,1-3H3,(H,19,21). The summed E-state index contributed by atoms with van der Waals surface area (Å²) in [5, 5.41) is 2.88. The Hall–Kier alpha value is -1.58. The maximum absolute atomic E-state index is 12.0. The van der Waals surface area contributed by atoms with Crippen LogP contribution in [-0.2, 0) is 9.53 Å². The Balaban J connectivity index is 2.70. The van der Waals surface area contributed by atoms with Crippen LogP contribution in [0.2, 0.25) is 0 Å². The van der Waals surface area contributed by atoms with E-state index in [0.717, 1.165) is 44.8 Å². The molecule has 2 unspecified atom stereocenters. The van der Waals surface area contributed by atoms with Gasteiger partial charge in [0.15, 0.2) is 0 Å². The summed E-state index contributed by atoms with van der Waals surface area (Å²) in [6.45, 7) is 5.50. The van der Waals surface area contributed by atoms with Gasteiger partial charge in [-0.05, 0) is 59.3 Å². The Morgan fingerprint density at radius 1 is 1.05 bits per heavy atom. The molecule has 0 heterocycles. The number of rotatable bonds is 2. The summed E-state index contributed by atoms with van der Waals surface area (Å²) in [6, 6.07) is -0.176. The van der Waals surface area contributed by atoms with E-state index in [9.17, 15) is 9.59 Å². The van der Waals surface area contributed by atoms with Gasteiger partial charge in [-0.1, -0.05) is 24.3 Å². The molecule has 2 atom stereocenters. The minimum absolute atomic E-state index is 0.176. The predicted octanol–water partition coefficient (Wildman–Crippen LogP) is 4.16. The molecule has 0 aromatic carbocycles. The molecule has 0 aliphatic heterocycles. The van der Waals surface area contributed by atoms with Crippen LogP contribution in [0.3, 0.4) is 0 Å². The number of carbonyl (C=O) groups excluding carboxylic acids is 2. The van der Waals surface area contributed by atoms with Crippen molar-refractivity contribution < 1.29 is 14.3 Å². The second kappa shape index (κ2) is 9.44. The second-order valence-corrected chi connectivity index (χ2v) is 6.73. The number of hydrogen-bond donors (Lipinski definition) is 1. The van der Waals surface area contributed by atoms with Gasteiger partial charge in [0.25, 0.3) is 0 Å². The fourth-order valence-corrected chi connectivity index (χ4v) is 2.44. The molecule has 1 rings (SSSR count). The van der Waals surface area contributed by atoms with Crippen LogP contribution in [0.25, 0.3) is 0 Å². The average molecular weight is 307 g/mol. The van der Waals surface area contributed by atoms with E-state index in [-0.39, 0.29) is 12.0 Å². The lowest BCUT2D eigenvalue weighted by Crippen LogP contribution is -2.43. The third kappa shape index (κ3) is 8.01. The van der Waals surface area contributed by atoms with Gasteiger partial charge in [-0.3, -0.25) is 0 Å². The fourth-order valence-electron chi connectivity index (χ4n) is 2.44. The molecule has 0 spiro atoms. The van der Waals surface area contributed by atoms with Gasteiger partial charge in [0, 0.05) is 12.0 Å². The summed E-state index contributed by atoms with van der Waals surface area (Å²) < 4.78 is 5.31. The van der Waals surface area contributed by atoms with Crippen molar-refractivity contribution in [3.8, 4) is 0 Å². The molecule has 0 saturated heterocycles. The van der Waals surface area contributed by atoms with Crippen LogP contribution >= 0.6 is 0 Å². The van der Waals surface area contributed by atoms with E-state index in [1.807, 2.05) is 20.8 Å². The SMILES string of the molecule is CC(C)(C)OC(=O)NC1CCC=CCCC=CCCC1C=O. The minimum Gasteiger partial charge on any atom is -0.444 e. The van der Waals surface area contributed by atoms with Crippen molar-refractivity contribution in [1.29, 1.82) is 0 Å². The fraction of sp³-hybridized carbons (Fsp3) is 0.667. The van der Waals surface area contributed by atoms with Gasteiger partial charge in [0.05, 0.1) is 0 Å². The van der Waals surface area contributed by atoms with Crippen molar-refractivity contribution in [2.75, 3.05) is 0 Å². The molecule has 4 heteroatoms. The van der Waals surface area contributed by atoms with E-state index in [2.05, 4.69) is 29.6 Å². The Kier molecular flexibility index (Phi) is 7.92. The number of hydrogen-bond acceptors (Lipinski definition) is 3. The number of aldehydes is 1. The van der Waals surface area contributed by atoms with Crippen molar-refractivity contribution in [1.82, 2.24) is 5.32 Å². The first-order valence-electron chi connectivity index (χ1n) is 8.17. The summed E-state index contributed by atoms with van der Waals surface area (Å²) in [4.78, 5) is 23.4. The molecule has 0 aromatic rings. The van der Waals surface area contributed by atoms with Crippen LogP contribution in [0.5, 0.6) is 0 Å². The van der Waals surface area contributed by atoms with Gasteiger partial charge in [-0.2, -0.15) is 0 Å². The zero-order valence-corrected chi connectivity index (χ0v) is 14.0. The molecule has 22 heavy (non-hydrogen) atoms. The number of ether oxygens (including phenoxy) is 1. The number of amides is 1. The van der Waals surface area contributed by atoms with Gasteiger partial charge in [-0.15, -0.1) is 0 Å². The molecule has 1 amide bonds. The van der Waals surface area contributed by atoms with Crippen molar-refractivity contribution in [3.05, 3.63) is 24.3 Å². The van der Waals surface area contributed by atoms with Gasteiger partial charge in [0.1, 0.15) is 11.9 Å². The number of nitrogens with one attached hydrogen (secondary N) is 1. The molecule has 1 N–H and O–H groups in total. The van der Waals surface area contributed by atoms with Gasteiger partial charge >= 0.3 is 6.09 Å².